The number of aromatic nitrogens is 3. The number of para-hydroxylation sites is 1. The third kappa shape index (κ3) is 4.19. The van der Waals surface area contributed by atoms with Crippen LogP contribution in [-0.2, 0) is 22.4 Å². The quantitative estimate of drug-likeness (QED) is 0.403. The molecule has 1 aromatic carbocycles. The number of nitrogens with zero attached hydrogens (tertiary/aromatic N) is 3. The van der Waals surface area contributed by atoms with E-state index in [1.807, 2.05) is 30.3 Å². The minimum Gasteiger partial charge on any atom is -0.465 e. The Kier molecular flexibility index (Phi) is 6.01. The summed E-state index contributed by atoms with van der Waals surface area (Å²) in [5, 5.41) is 13.0. The first-order chi connectivity index (χ1) is 15.7. The molecule has 2 aromatic heterocycles. The van der Waals surface area contributed by atoms with Crippen molar-refractivity contribution in [1.82, 2.24) is 14.8 Å². The number of hydrogen-bond donors (Lipinski definition) is 1. The second-order valence-corrected chi connectivity index (χ2v) is 10.1. The Labute approximate surface area is 194 Å². The Balaban J connectivity index is 1.34. The molecule has 0 radical (unpaired) electrons. The van der Waals surface area contributed by atoms with Gasteiger partial charge in [0.2, 0.25) is 5.91 Å². The maximum absolute atomic E-state index is 12.8. The Morgan fingerprint density at radius 1 is 1.19 bits per heavy atom. The fraction of sp³-hybridized carbons (Fsp3) is 0.391. The first-order valence-electron chi connectivity index (χ1n) is 10.8. The number of rotatable bonds is 7. The average Bonchev–Trinajstić information content (AvgIpc) is 3.47. The number of esters is 1. The maximum Gasteiger partial charge on any atom is 0.341 e. The van der Waals surface area contributed by atoms with Crippen LogP contribution in [-0.4, -0.2) is 39.5 Å². The van der Waals surface area contributed by atoms with Gasteiger partial charge in [0.25, 0.3) is 0 Å². The highest BCUT2D eigenvalue weighted by Crippen LogP contribution is 2.41. The van der Waals surface area contributed by atoms with Gasteiger partial charge in [-0.25, -0.2) is 4.79 Å². The van der Waals surface area contributed by atoms with Gasteiger partial charge in [-0.1, -0.05) is 30.0 Å². The fourth-order valence-corrected chi connectivity index (χ4v) is 6.12. The largest absolute Gasteiger partial charge is 0.465 e. The lowest BCUT2D eigenvalue weighted by Crippen LogP contribution is -2.17. The Morgan fingerprint density at radius 2 is 1.97 bits per heavy atom. The summed E-state index contributed by atoms with van der Waals surface area (Å²) in [5.41, 5.74) is 2.56. The summed E-state index contributed by atoms with van der Waals surface area (Å²) in [6.45, 7) is 0. The molecule has 0 spiro atoms. The van der Waals surface area contributed by atoms with Gasteiger partial charge in [-0.3, -0.25) is 9.36 Å². The third-order valence-corrected chi connectivity index (χ3v) is 7.90. The Hall–Kier alpha value is -2.65. The minimum absolute atomic E-state index is 0.172. The molecular weight excluding hydrogens is 444 g/mol. The van der Waals surface area contributed by atoms with Crippen LogP contribution in [0.4, 0.5) is 5.00 Å². The van der Waals surface area contributed by atoms with E-state index in [1.54, 1.807) is 0 Å². The molecule has 1 saturated carbocycles. The number of benzene rings is 1. The van der Waals surface area contributed by atoms with Crippen LogP contribution in [0.2, 0.25) is 0 Å². The molecule has 9 heteroatoms. The highest BCUT2D eigenvalue weighted by atomic mass is 32.2. The van der Waals surface area contributed by atoms with Crippen LogP contribution in [0.25, 0.3) is 5.69 Å². The van der Waals surface area contributed by atoms with Crippen molar-refractivity contribution in [3.05, 3.63) is 52.2 Å². The number of carbonyl (C=O) groups excluding carboxylic acids is 2. The molecule has 0 atom stereocenters. The van der Waals surface area contributed by atoms with Gasteiger partial charge in [0.15, 0.2) is 5.16 Å². The zero-order valence-electron chi connectivity index (χ0n) is 17.8. The zero-order valence-corrected chi connectivity index (χ0v) is 19.4. The first-order valence-corrected chi connectivity index (χ1v) is 12.6. The lowest BCUT2D eigenvalue weighted by Gasteiger charge is -2.12. The second kappa shape index (κ2) is 9.07. The minimum atomic E-state index is -0.384. The molecule has 32 heavy (non-hydrogen) atoms. The average molecular weight is 469 g/mol. The van der Waals surface area contributed by atoms with Crippen LogP contribution in [0.15, 0.2) is 35.5 Å². The summed E-state index contributed by atoms with van der Waals surface area (Å²) in [5.74, 6) is 1.02. The number of thiophene rings is 1. The van der Waals surface area contributed by atoms with Gasteiger partial charge in [-0.05, 0) is 56.2 Å². The molecule has 2 aliphatic rings. The van der Waals surface area contributed by atoms with Crippen molar-refractivity contribution < 1.29 is 14.3 Å². The van der Waals surface area contributed by atoms with E-state index in [0.29, 0.717) is 21.6 Å². The number of methoxy groups -OCH3 is 1. The molecule has 5 rings (SSSR count). The van der Waals surface area contributed by atoms with E-state index in [1.165, 1.54) is 35.1 Å². The van der Waals surface area contributed by atoms with Gasteiger partial charge in [0.1, 0.15) is 10.8 Å². The van der Waals surface area contributed by atoms with Crippen molar-refractivity contribution >= 4 is 40.0 Å². The molecule has 1 amide bonds. The van der Waals surface area contributed by atoms with Crippen molar-refractivity contribution in [2.45, 2.75) is 49.6 Å². The molecule has 0 unspecified atom stereocenters. The van der Waals surface area contributed by atoms with E-state index in [-0.39, 0.29) is 17.6 Å². The molecule has 2 aliphatic carbocycles. The van der Waals surface area contributed by atoms with Crippen LogP contribution in [0.1, 0.15) is 58.2 Å². The van der Waals surface area contributed by atoms with Crippen molar-refractivity contribution in [3.63, 3.8) is 0 Å². The van der Waals surface area contributed by atoms with Crippen molar-refractivity contribution in [3.8, 4) is 5.69 Å². The summed E-state index contributed by atoms with van der Waals surface area (Å²) < 4.78 is 7.05. The highest BCUT2D eigenvalue weighted by molar-refractivity contribution is 7.99. The smallest absolute Gasteiger partial charge is 0.341 e. The fourth-order valence-electron chi connectivity index (χ4n) is 4.07. The van der Waals surface area contributed by atoms with E-state index in [2.05, 4.69) is 20.1 Å². The molecule has 0 aliphatic heterocycles. The lowest BCUT2D eigenvalue weighted by molar-refractivity contribution is -0.113. The predicted octanol–water partition coefficient (Wildman–Crippen LogP) is 4.60. The van der Waals surface area contributed by atoms with Crippen molar-refractivity contribution in [2.75, 3.05) is 18.2 Å². The third-order valence-electron chi connectivity index (χ3n) is 5.76. The zero-order chi connectivity index (χ0) is 22.1. The number of amides is 1. The lowest BCUT2D eigenvalue weighted by atomic mass is 9.95. The van der Waals surface area contributed by atoms with Crippen LogP contribution in [0.5, 0.6) is 0 Å². The van der Waals surface area contributed by atoms with E-state index in [9.17, 15) is 9.59 Å². The van der Waals surface area contributed by atoms with E-state index < -0.39 is 0 Å². The van der Waals surface area contributed by atoms with E-state index >= 15 is 0 Å². The first kappa shape index (κ1) is 21.2. The molecular formula is C23H24N4O3S2. The number of anilines is 1. The topological polar surface area (TPSA) is 86.1 Å². The maximum atomic E-state index is 12.8. The predicted molar refractivity (Wildman–Crippen MR) is 125 cm³/mol. The summed E-state index contributed by atoms with van der Waals surface area (Å²) in [6, 6.07) is 10.0. The number of thioether (sulfide) groups is 1. The molecule has 3 aromatic rings. The van der Waals surface area contributed by atoms with Crippen LogP contribution in [0, 0.1) is 0 Å². The molecule has 7 nitrogen and oxygen atoms in total. The van der Waals surface area contributed by atoms with E-state index in [4.69, 9.17) is 4.74 Å². The molecule has 166 valence electrons. The van der Waals surface area contributed by atoms with Gasteiger partial charge in [0.05, 0.1) is 18.4 Å². The van der Waals surface area contributed by atoms with Gasteiger partial charge in [-0.15, -0.1) is 21.5 Å². The number of carbonyl (C=O) groups is 2. The normalized spacial score (nSPS) is 15.3. The van der Waals surface area contributed by atoms with Crippen LogP contribution < -0.4 is 5.32 Å². The second-order valence-electron chi connectivity index (χ2n) is 8.03. The number of aryl methyl sites for hydroxylation is 1. The van der Waals surface area contributed by atoms with Crippen LogP contribution in [0.3, 0.4) is 0 Å². The summed E-state index contributed by atoms with van der Waals surface area (Å²) in [7, 11) is 1.38. The summed E-state index contributed by atoms with van der Waals surface area (Å²) >= 11 is 2.85. The van der Waals surface area contributed by atoms with E-state index in [0.717, 1.165) is 55.6 Å². The van der Waals surface area contributed by atoms with Gasteiger partial charge >= 0.3 is 5.97 Å². The number of fused-ring (bicyclic) bond motifs is 1. The van der Waals surface area contributed by atoms with Crippen LogP contribution >= 0.6 is 23.1 Å². The number of nitrogens with one attached hydrogen (secondary N) is 1. The molecule has 0 bridgehead atoms. The SMILES string of the molecule is COC(=O)c1c(NC(=O)CSc2nnc(C3CC3)n2-c2ccccc2)sc2c1CCCC2. The van der Waals surface area contributed by atoms with Crippen molar-refractivity contribution in [1.29, 1.82) is 0 Å². The Morgan fingerprint density at radius 3 is 2.72 bits per heavy atom. The number of hydrogen-bond acceptors (Lipinski definition) is 7. The van der Waals surface area contributed by atoms with Crippen molar-refractivity contribution in [2.24, 2.45) is 0 Å². The van der Waals surface area contributed by atoms with Gasteiger partial charge in [-0.2, -0.15) is 0 Å². The molecule has 2 heterocycles. The molecule has 1 N–H and O–H groups in total. The standard InChI is InChI=1S/C23H24N4O3S2/c1-30-22(29)19-16-9-5-6-10-17(16)32-21(19)24-18(28)13-31-23-26-25-20(14-11-12-14)27(23)15-7-3-2-4-8-15/h2-4,7-8,14H,5-6,9-13H2,1H3,(H,24,28). The summed E-state index contributed by atoms with van der Waals surface area (Å²) in [4.78, 5) is 26.4. The molecule has 0 saturated heterocycles. The molecule has 1 fully saturated rings. The summed E-state index contributed by atoms with van der Waals surface area (Å²) in [6.07, 6.45) is 6.19. The monoisotopic (exact) mass is 468 g/mol. The van der Waals surface area contributed by atoms with Gasteiger partial charge in [0, 0.05) is 16.5 Å². The number of ether oxygens (including phenoxy) is 1. The van der Waals surface area contributed by atoms with Gasteiger partial charge < -0.3 is 10.1 Å². The highest BCUT2D eigenvalue weighted by Gasteiger charge is 2.31. The Bertz CT molecular complexity index is 1150.